The van der Waals surface area contributed by atoms with Crippen LogP contribution in [0.15, 0.2) is 102 Å². The number of carbonyl (C=O) groups is 2. The third-order valence-electron chi connectivity index (χ3n) is 11.2. The molecule has 0 aliphatic heterocycles. The van der Waals surface area contributed by atoms with Crippen LogP contribution in [0.25, 0.3) is 33.4 Å². The minimum atomic E-state index is -4.30. The first kappa shape index (κ1) is 47.4. The molecular weight excluding hydrogens is 956 g/mol. The number of halogens is 7. The van der Waals surface area contributed by atoms with Crippen LogP contribution in [0.3, 0.4) is 0 Å². The highest BCUT2D eigenvalue weighted by molar-refractivity contribution is 9.10. The monoisotopic (exact) mass is 999 g/mol. The summed E-state index contributed by atoms with van der Waals surface area (Å²) in [5.41, 5.74) is 8.11. The number of aryl methyl sites for hydroxylation is 2. The van der Waals surface area contributed by atoms with Gasteiger partial charge in [-0.1, -0.05) is 22.0 Å². The normalized spacial score (nSPS) is 13.6. The summed E-state index contributed by atoms with van der Waals surface area (Å²) in [6.45, 7) is 3.17. The second-order valence-corrected chi connectivity index (χ2v) is 17.6. The maximum Gasteiger partial charge on any atom is 0.390 e. The van der Waals surface area contributed by atoms with Crippen molar-refractivity contribution in [1.29, 1.82) is 5.26 Å². The molecule has 2 aliphatic carbocycles. The van der Waals surface area contributed by atoms with E-state index >= 15 is 0 Å². The first-order valence-corrected chi connectivity index (χ1v) is 22.5. The SMILES string of the molecule is Cc1cc(-n2cnc3c(NCCC(F)(F)F)cc(Br)cc32)ccc1C(=O)NC1CC1.Cc1cc(-n2cnc3c(NCCC(F)(F)F)cc(Oc4cccc(C#N)c4)cc32)ccc1C(=O)NC1CC1. The molecule has 0 radical (unpaired) electrons. The summed E-state index contributed by atoms with van der Waals surface area (Å²) in [6.07, 6.45) is -3.20. The molecule has 68 heavy (non-hydrogen) atoms. The van der Waals surface area contributed by atoms with E-state index in [2.05, 4.69) is 53.2 Å². The van der Waals surface area contributed by atoms with E-state index < -0.39 is 25.2 Å². The van der Waals surface area contributed by atoms with E-state index in [4.69, 9.17) is 4.74 Å². The minimum Gasteiger partial charge on any atom is -0.457 e. The summed E-state index contributed by atoms with van der Waals surface area (Å²) in [5, 5.41) is 20.8. The Balaban J connectivity index is 0.000000189. The Hall–Kier alpha value is -7.07. The van der Waals surface area contributed by atoms with Gasteiger partial charge < -0.3 is 26.0 Å². The van der Waals surface area contributed by atoms with Gasteiger partial charge in [0.25, 0.3) is 11.8 Å². The zero-order valence-electron chi connectivity index (χ0n) is 36.7. The van der Waals surface area contributed by atoms with Crippen molar-refractivity contribution in [1.82, 2.24) is 29.7 Å². The van der Waals surface area contributed by atoms with Crippen molar-refractivity contribution >= 4 is 61.2 Å². The van der Waals surface area contributed by atoms with E-state index in [1.807, 2.05) is 42.7 Å². The van der Waals surface area contributed by atoms with Crippen LogP contribution >= 0.6 is 15.9 Å². The molecule has 12 nitrogen and oxygen atoms in total. The van der Waals surface area contributed by atoms with E-state index in [0.29, 0.717) is 56.1 Å². The number of hydrogen-bond donors (Lipinski definition) is 4. The average Bonchev–Trinajstić information content (AvgIpc) is 4.19. The number of imidazole rings is 2. The van der Waals surface area contributed by atoms with Gasteiger partial charge in [-0.05, 0) is 117 Å². The summed E-state index contributed by atoms with van der Waals surface area (Å²) < 4.78 is 86.2. The van der Waals surface area contributed by atoms with Gasteiger partial charge in [0.15, 0.2) is 0 Å². The number of nitrogens with zero attached hydrogens (tertiary/aromatic N) is 5. The predicted octanol–water partition coefficient (Wildman–Crippen LogP) is 11.6. The van der Waals surface area contributed by atoms with E-state index in [9.17, 15) is 41.2 Å². The lowest BCUT2D eigenvalue weighted by Gasteiger charge is -2.14. The molecule has 2 amide bonds. The number of carbonyl (C=O) groups excluding carboxylic acids is 2. The third kappa shape index (κ3) is 11.9. The fraction of sp³-hybridized carbons (Fsp3) is 0.286. The molecule has 2 aliphatic rings. The lowest BCUT2D eigenvalue weighted by Crippen LogP contribution is -2.26. The Bertz CT molecular complexity index is 3060. The molecule has 2 heterocycles. The summed E-state index contributed by atoms with van der Waals surface area (Å²) >= 11 is 3.42. The molecule has 0 spiro atoms. The Morgan fingerprint density at radius 2 is 1.19 bits per heavy atom. The van der Waals surface area contributed by atoms with Gasteiger partial charge >= 0.3 is 12.4 Å². The van der Waals surface area contributed by atoms with Crippen LogP contribution in [0.5, 0.6) is 11.5 Å². The van der Waals surface area contributed by atoms with E-state index in [-0.39, 0.29) is 37.0 Å². The number of benzene rings is 5. The molecule has 352 valence electrons. The number of fused-ring (bicyclic) bond motifs is 2. The molecule has 2 saturated carbocycles. The first-order valence-electron chi connectivity index (χ1n) is 21.7. The molecular formula is C49H44BrF6N9O3. The summed E-state index contributed by atoms with van der Waals surface area (Å²) in [7, 11) is 0. The molecule has 7 aromatic rings. The molecule has 5 aromatic carbocycles. The standard InChI is InChI=1S/C28H24F3N5O2.C21H20BrF3N4O/c1-17-11-20(7-8-23(17)27(37)35-19-5-6-19)36-16-34-26-24(33-10-9-28(29,30)31)13-22(14-25(26)36)38-21-4-2-3-18(12-21)15-32;1-12-8-15(4-5-16(12)20(30)28-14-2-3-14)29-11-27-19-17(9-13(22)10-18(19)29)26-7-6-21(23,24)25/h2-4,7-8,11-14,16,19,33H,5-6,9-10H2,1H3,(H,35,37);4-5,8-11,14,26H,2-3,6-7H2,1H3,(H,28,30). The molecule has 0 saturated heterocycles. The van der Waals surface area contributed by atoms with E-state index in [1.54, 1.807) is 77.9 Å². The van der Waals surface area contributed by atoms with Crippen molar-refractivity contribution in [2.24, 2.45) is 0 Å². The smallest absolute Gasteiger partial charge is 0.390 e. The lowest BCUT2D eigenvalue weighted by molar-refractivity contribution is -0.132. The van der Waals surface area contributed by atoms with Crippen molar-refractivity contribution in [3.63, 3.8) is 0 Å². The van der Waals surface area contributed by atoms with Gasteiger partial charge in [-0.2, -0.15) is 31.6 Å². The molecule has 0 bridgehead atoms. The van der Waals surface area contributed by atoms with Gasteiger partial charge in [0.1, 0.15) is 35.2 Å². The maximum absolute atomic E-state index is 12.8. The zero-order valence-corrected chi connectivity index (χ0v) is 38.2. The predicted molar refractivity (Wildman–Crippen MR) is 250 cm³/mol. The quantitative estimate of drug-likeness (QED) is 0.0787. The van der Waals surface area contributed by atoms with E-state index in [0.717, 1.165) is 58.2 Å². The fourth-order valence-corrected chi connectivity index (χ4v) is 7.89. The highest BCUT2D eigenvalue weighted by Gasteiger charge is 2.29. The first-order chi connectivity index (χ1) is 32.4. The molecule has 2 aromatic heterocycles. The van der Waals surface area contributed by atoms with Crippen molar-refractivity contribution < 1.29 is 40.7 Å². The van der Waals surface area contributed by atoms with Crippen molar-refractivity contribution in [2.45, 2.75) is 76.8 Å². The number of rotatable bonds is 14. The summed E-state index contributed by atoms with van der Waals surface area (Å²) in [5.74, 6) is 0.591. The molecule has 0 unspecified atom stereocenters. The third-order valence-corrected chi connectivity index (χ3v) is 11.6. The second kappa shape index (κ2) is 19.6. The average molecular weight is 1000 g/mol. The van der Waals surface area contributed by atoms with Gasteiger partial charge in [-0.3, -0.25) is 18.7 Å². The minimum absolute atomic E-state index is 0.0732. The van der Waals surface area contributed by atoms with E-state index in [1.165, 1.54) is 0 Å². The zero-order chi connectivity index (χ0) is 48.3. The highest BCUT2D eigenvalue weighted by atomic mass is 79.9. The Labute approximate surface area is 394 Å². The van der Waals surface area contributed by atoms with Crippen LogP contribution in [0.4, 0.5) is 37.7 Å². The van der Waals surface area contributed by atoms with Crippen LogP contribution in [-0.2, 0) is 0 Å². The van der Waals surface area contributed by atoms with Gasteiger partial charge in [0, 0.05) is 64.3 Å². The Morgan fingerprint density at radius 1 is 0.691 bits per heavy atom. The number of alkyl halides is 6. The van der Waals surface area contributed by atoms with Gasteiger partial charge in [-0.15, -0.1) is 0 Å². The van der Waals surface area contributed by atoms with Crippen LogP contribution in [0, 0.1) is 25.2 Å². The van der Waals surface area contributed by atoms with Crippen molar-refractivity contribution in [3.8, 4) is 28.9 Å². The largest absolute Gasteiger partial charge is 0.457 e. The summed E-state index contributed by atoms with van der Waals surface area (Å²) in [4.78, 5) is 33.8. The topological polar surface area (TPSA) is 151 Å². The van der Waals surface area contributed by atoms with Crippen LogP contribution < -0.4 is 26.0 Å². The van der Waals surface area contributed by atoms with Gasteiger partial charge in [0.05, 0.1) is 46.9 Å². The second-order valence-electron chi connectivity index (χ2n) is 16.7. The number of anilines is 2. The Morgan fingerprint density at radius 3 is 1.66 bits per heavy atom. The lowest BCUT2D eigenvalue weighted by atomic mass is 10.1. The van der Waals surface area contributed by atoms with Gasteiger partial charge in [0.2, 0.25) is 0 Å². The molecule has 4 N–H and O–H groups in total. The van der Waals surface area contributed by atoms with Gasteiger partial charge in [-0.25, -0.2) is 9.97 Å². The summed E-state index contributed by atoms with van der Waals surface area (Å²) in [6, 6.07) is 27.0. The van der Waals surface area contributed by atoms with Crippen LogP contribution in [0.1, 0.15) is 75.9 Å². The van der Waals surface area contributed by atoms with Crippen LogP contribution in [-0.4, -0.2) is 68.4 Å². The number of nitriles is 1. The van der Waals surface area contributed by atoms with Crippen molar-refractivity contribution in [2.75, 3.05) is 23.7 Å². The van der Waals surface area contributed by atoms with Crippen molar-refractivity contribution in [3.05, 3.63) is 130 Å². The highest BCUT2D eigenvalue weighted by Crippen LogP contribution is 2.35. The fourth-order valence-electron chi connectivity index (χ4n) is 7.44. The van der Waals surface area contributed by atoms with Crippen LogP contribution in [0.2, 0.25) is 0 Å². The number of hydrogen-bond acceptors (Lipinski definition) is 8. The number of amides is 2. The molecule has 9 rings (SSSR count). The Kier molecular flexibility index (Phi) is 13.7. The number of ether oxygens (including phenoxy) is 1. The number of aromatic nitrogens is 4. The molecule has 19 heteroatoms. The molecule has 2 fully saturated rings. The maximum atomic E-state index is 12.8. The number of nitrogens with one attached hydrogen (secondary N) is 4. The molecule has 0 atom stereocenters.